The summed E-state index contributed by atoms with van der Waals surface area (Å²) in [6, 6.07) is 18.8. The Morgan fingerprint density at radius 3 is 1.91 bits per heavy atom. The standard InChI is InChI=1S/C15H14O.3C2H6/c1-2-6-12(7-3-1)15-11-10-13-8-4-5-9-14(13)16-15;3*1-2/h1-9,15H,10-11H2;3*1-2H3/t15-;;;/m0.../s1. The molecule has 0 aliphatic carbocycles. The highest BCUT2D eigenvalue weighted by molar-refractivity contribution is 5.36. The van der Waals surface area contributed by atoms with Crippen LogP contribution in [-0.4, -0.2) is 0 Å². The highest BCUT2D eigenvalue weighted by Gasteiger charge is 2.20. The topological polar surface area (TPSA) is 9.23 Å². The van der Waals surface area contributed by atoms with Crippen molar-refractivity contribution in [2.45, 2.75) is 60.5 Å². The second-order valence-electron chi connectivity index (χ2n) is 4.16. The predicted molar refractivity (Wildman–Crippen MR) is 98.6 cm³/mol. The van der Waals surface area contributed by atoms with Crippen LogP contribution in [0.5, 0.6) is 5.75 Å². The predicted octanol–water partition coefficient (Wildman–Crippen LogP) is 6.83. The van der Waals surface area contributed by atoms with Gasteiger partial charge >= 0.3 is 0 Å². The normalized spacial score (nSPS) is 14.4. The first kappa shape index (κ1) is 20.2. The van der Waals surface area contributed by atoms with Gasteiger partial charge in [-0.25, -0.2) is 0 Å². The van der Waals surface area contributed by atoms with E-state index in [9.17, 15) is 0 Å². The summed E-state index contributed by atoms with van der Waals surface area (Å²) >= 11 is 0. The number of para-hydroxylation sites is 1. The molecule has 1 heterocycles. The number of rotatable bonds is 1. The van der Waals surface area contributed by atoms with E-state index in [1.807, 2.05) is 53.7 Å². The molecule has 1 nitrogen and oxygen atoms in total. The van der Waals surface area contributed by atoms with Crippen LogP contribution in [0.2, 0.25) is 0 Å². The largest absolute Gasteiger partial charge is 0.485 e. The maximum Gasteiger partial charge on any atom is 0.124 e. The molecule has 1 atom stereocenters. The third-order valence-electron chi connectivity index (χ3n) is 3.09. The third kappa shape index (κ3) is 5.93. The van der Waals surface area contributed by atoms with Crippen molar-refractivity contribution in [2.75, 3.05) is 0 Å². The van der Waals surface area contributed by atoms with Gasteiger partial charge in [0.1, 0.15) is 11.9 Å². The number of benzene rings is 2. The van der Waals surface area contributed by atoms with E-state index in [-0.39, 0.29) is 6.10 Å². The van der Waals surface area contributed by atoms with Gasteiger partial charge in [0, 0.05) is 0 Å². The summed E-state index contributed by atoms with van der Waals surface area (Å²) in [5, 5.41) is 0. The Kier molecular flexibility index (Phi) is 11.9. The molecule has 0 amide bonds. The number of ether oxygens (including phenoxy) is 1. The molecule has 0 N–H and O–H groups in total. The lowest BCUT2D eigenvalue weighted by molar-refractivity contribution is 0.176. The van der Waals surface area contributed by atoms with Crippen LogP contribution in [0.1, 0.15) is 65.2 Å². The molecule has 2 aromatic rings. The molecular formula is C21H32O. The number of fused-ring (bicyclic) bond motifs is 1. The first-order valence-electron chi connectivity index (χ1n) is 8.73. The van der Waals surface area contributed by atoms with Crippen LogP contribution >= 0.6 is 0 Å². The zero-order chi connectivity index (χ0) is 16.8. The van der Waals surface area contributed by atoms with E-state index in [2.05, 4.69) is 42.5 Å². The van der Waals surface area contributed by atoms with Gasteiger partial charge in [0.15, 0.2) is 0 Å². The third-order valence-corrected chi connectivity index (χ3v) is 3.09. The summed E-state index contributed by atoms with van der Waals surface area (Å²) in [4.78, 5) is 0. The molecule has 0 fully saturated rings. The van der Waals surface area contributed by atoms with E-state index in [0.717, 1.165) is 18.6 Å². The summed E-state index contributed by atoms with van der Waals surface area (Å²) in [5.41, 5.74) is 2.60. The Morgan fingerprint density at radius 1 is 0.727 bits per heavy atom. The Bertz CT molecular complexity index is 476. The summed E-state index contributed by atoms with van der Waals surface area (Å²) in [7, 11) is 0. The fraction of sp³-hybridized carbons (Fsp3) is 0.429. The van der Waals surface area contributed by atoms with Crippen LogP contribution in [0.25, 0.3) is 0 Å². The molecule has 1 aliphatic heterocycles. The van der Waals surface area contributed by atoms with Gasteiger partial charge in [0.25, 0.3) is 0 Å². The Hall–Kier alpha value is -1.76. The van der Waals surface area contributed by atoms with Crippen LogP contribution in [0, 0.1) is 0 Å². The van der Waals surface area contributed by atoms with Crippen LogP contribution in [0.15, 0.2) is 54.6 Å². The lowest BCUT2D eigenvalue weighted by Gasteiger charge is -2.26. The molecule has 3 rings (SSSR count). The lowest BCUT2D eigenvalue weighted by atomic mass is 9.98. The van der Waals surface area contributed by atoms with Crippen LogP contribution in [0.3, 0.4) is 0 Å². The van der Waals surface area contributed by atoms with Crippen molar-refractivity contribution in [1.82, 2.24) is 0 Å². The maximum absolute atomic E-state index is 6.02. The quantitative estimate of drug-likeness (QED) is 0.560. The molecule has 122 valence electrons. The minimum atomic E-state index is 0.219. The second-order valence-corrected chi connectivity index (χ2v) is 4.16. The first-order chi connectivity index (χ1) is 10.9. The SMILES string of the molecule is CC.CC.CC.c1ccc([C@@H]2CCc3ccccc3O2)cc1. The number of hydrogen-bond acceptors (Lipinski definition) is 1. The molecule has 0 aromatic heterocycles. The van der Waals surface area contributed by atoms with Gasteiger partial charge in [-0.15, -0.1) is 0 Å². The van der Waals surface area contributed by atoms with Crippen molar-refractivity contribution in [2.24, 2.45) is 0 Å². The van der Waals surface area contributed by atoms with Crippen molar-refractivity contribution in [1.29, 1.82) is 0 Å². The van der Waals surface area contributed by atoms with Crippen molar-refractivity contribution >= 4 is 0 Å². The van der Waals surface area contributed by atoms with Crippen LogP contribution in [0.4, 0.5) is 0 Å². The summed E-state index contributed by atoms with van der Waals surface area (Å²) in [5.74, 6) is 1.04. The van der Waals surface area contributed by atoms with Gasteiger partial charge in [0.05, 0.1) is 0 Å². The van der Waals surface area contributed by atoms with Crippen molar-refractivity contribution in [3.63, 3.8) is 0 Å². The molecule has 1 heteroatoms. The molecule has 0 saturated heterocycles. The maximum atomic E-state index is 6.02. The molecule has 1 aliphatic rings. The highest BCUT2D eigenvalue weighted by atomic mass is 16.5. The summed E-state index contributed by atoms with van der Waals surface area (Å²) < 4.78 is 6.02. The molecule has 22 heavy (non-hydrogen) atoms. The number of aryl methyl sites for hydroxylation is 1. The zero-order valence-electron chi connectivity index (χ0n) is 15.1. The van der Waals surface area contributed by atoms with Crippen molar-refractivity contribution in [3.8, 4) is 5.75 Å². The highest BCUT2D eigenvalue weighted by Crippen LogP contribution is 2.34. The minimum absolute atomic E-state index is 0.219. The van der Waals surface area contributed by atoms with Gasteiger partial charge in [-0.05, 0) is 30.0 Å². The van der Waals surface area contributed by atoms with Gasteiger partial charge in [-0.3, -0.25) is 0 Å². The molecule has 0 spiro atoms. The van der Waals surface area contributed by atoms with Crippen LogP contribution in [-0.2, 0) is 6.42 Å². The average Bonchev–Trinajstić information content (AvgIpc) is 2.67. The van der Waals surface area contributed by atoms with Crippen molar-refractivity contribution < 1.29 is 4.74 Å². The Morgan fingerprint density at radius 2 is 1.27 bits per heavy atom. The smallest absolute Gasteiger partial charge is 0.124 e. The lowest BCUT2D eigenvalue weighted by Crippen LogP contribution is -2.14. The molecule has 2 aromatic carbocycles. The fourth-order valence-electron chi connectivity index (χ4n) is 2.23. The van der Waals surface area contributed by atoms with Gasteiger partial charge in [0.2, 0.25) is 0 Å². The minimum Gasteiger partial charge on any atom is -0.485 e. The average molecular weight is 300 g/mol. The van der Waals surface area contributed by atoms with Crippen molar-refractivity contribution in [3.05, 3.63) is 65.7 Å². The van der Waals surface area contributed by atoms with Crippen LogP contribution < -0.4 is 4.74 Å². The van der Waals surface area contributed by atoms with E-state index in [1.54, 1.807) is 0 Å². The molecule has 0 radical (unpaired) electrons. The first-order valence-corrected chi connectivity index (χ1v) is 8.73. The van der Waals surface area contributed by atoms with E-state index in [4.69, 9.17) is 4.74 Å². The zero-order valence-corrected chi connectivity index (χ0v) is 15.1. The van der Waals surface area contributed by atoms with Gasteiger partial charge in [-0.2, -0.15) is 0 Å². The molecule has 0 bridgehead atoms. The van der Waals surface area contributed by atoms with Gasteiger partial charge in [-0.1, -0.05) is 90.1 Å². The second kappa shape index (κ2) is 12.9. The Labute approximate surface area is 137 Å². The molecular weight excluding hydrogens is 268 g/mol. The van der Waals surface area contributed by atoms with E-state index in [1.165, 1.54) is 11.1 Å². The Balaban J connectivity index is 0.000000661. The van der Waals surface area contributed by atoms with E-state index < -0.39 is 0 Å². The van der Waals surface area contributed by atoms with E-state index >= 15 is 0 Å². The van der Waals surface area contributed by atoms with E-state index in [0.29, 0.717) is 0 Å². The molecule has 0 saturated carbocycles. The van der Waals surface area contributed by atoms with Gasteiger partial charge < -0.3 is 4.74 Å². The monoisotopic (exact) mass is 300 g/mol. The summed E-state index contributed by atoms with van der Waals surface area (Å²) in [6.45, 7) is 12.0. The molecule has 0 unspecified atom stereocenters. The fourth-order valence-corrected chi connectivity index (χ4v) is 2.23. The number of hydrogen-bond donors (Lipinski definition) is 0. The summed E-state index contributed by atoms with van der Waals surface area (Å²) in [6.07, 6.45) is 2.40.